The summed E-state index contributed by atoms with van der Waals surface area (Å²) in [6, 6.07) is 5.11. The summed E-state index contributed by atoms with van der Waals surface area (Å²) in [5.74, 6) is -2.02. The molecule has 1 aliphatic heterocycles. The number of methoxy groups -OCH3 is 1. The summed E-state index contributed by atoms with van der Waals surface area (Å²) in [5.41, 5.74) is 1.22. The van der Waals surface area contributed by atoms with E-state index in [0.717, 1.165) is 12.1 Å². The van der Waals surface area contributed by atoms with Gasteiger partial charge in [-0.2, -0.15) is 0 Å². The Morgan fingerprint density at radius 3 is 2.39 bits per heavy atom. The second kappa shape index (κ2) is 10.3. The fraction of sp³-hybridized carbons (Fsp3) is 0.370. The minimum atomic E-state index is -8.62. The van der Waals surface area contributed by atoms with Crippen LogP contribution in [0.1, 0.15) is 29.8 Å². The average molecular weight is 651 g/mol. The fourth-order valence-corrected chi connectivity index (χ4v) is 5.66. The van der Waals surface area contributed by atoms with Gasteiger partial charge in [0.2, 0.25) is 6.29 Å². The van der Waals surface area contributed by atoms with Gasteiger partial charge in [-0.1, -0.05) is 6.07 Å². The molecular formula is C27H30F4N2O10S. The number of aromatic hydroxyl groups is 1. The number of benzene rings is 2. The zero-order valence-corrected chi connectivity index (χ0v) is 24.7. The van der Waals surface area contributed by atoms with Gasteiger partial charge < -0.3 is 44.6 Å². The number of hydrogen-bond acceptors (Lipinski definition) is 10. The van der Waals surface area contributed by atoms with E-state index < -0.39 is 85.8 Å². The van der Waals surface area contributed by atoms with Gasteiger partial charge in [0, 0.05) is 18.2 Å². The molecule has 0 unspecified atom stereocenters. The second-order valence-electron chi connectivity index (χ2n) is 10.9. The van der Waals surface area contributed by atoms with E-state index in [1.54, 1.807) is 13.8 Å². The molecule has 2 amide bonds. The number of ether oxygens (including phenoxy) is 4. The van der Waals surface area contributed by atoms with E-state index in [1.807, 2.05) is 5.32 Å². The van der Waals surface area contributed by atoms with Crippen molar-refractivity contribution in [2.45, 2.75) is 55.9 Å². The van der Waals surface area contributed by atoms with Crippen molar-refractivity contribution in [1.29, 1.82) is 0 Å². The van der Waals surface area contributed by atoms with Gasteiger partial charge in [0.05, 0.1) is 22.1 Å². The normalized spacial score (nSPS) is 23.3. The SMILES string of the molecule is CO[C@@H]1[C@@H](OC(N)=O)[C@@H](O)[C@H](Oc2ccc3c(O)c(NC(=O)c4cccc(S(C)(F)(F)(F)F)c4)c(=O)oc3c2C)OC1(C)C. The first-order chi connectivity index (χ1) is 20.0. The first-order valence-corrected chi connectivity index (χ1v) is 15.2. The zero-order valence-electron chi connectivity index (χ0n) is 23.9. The van der Waals surface area contributed by atoms with Crippen LogP contribution in [0.15, 0.2) is 50.5 Å². The summed E-state index contributed by atoms with van der Waals surface area (Å²) in [5, 5.41) is 23.6. The Labute approximate surface area is 247 Å². The largest absolute Gasteiger partial charge is 0.505 e. The molecule has 0 spiro atoms. The van der Waals surface area contributed by atoms with Crippen LogP contribution in [-0.2, 0) is 14.2 Å². The third-order valence-electron chi connectivity index (χ3n) is 6.94. The fourth-order valence-electron chi connectivity index (χ4n) is 4.81. The van der Waals surface area contributed by atoms with E-state index in [9.17, 15) is 40.1 Å². The lowest BCUT2D eigenvalue weighted by atomic mass is 9.89. The van der Waals surface area contributed by atoms with Crippen LogP contribution >= 0.6 is 9.84 Å². The summed E-state index contributed by atoms with van der Waals surface area (Å²) in [4.78, 5) is 35.3. The number of hydrogen-bond donors (Lipinski definition) is 4. The molecule has 0 aliphatic carbocycles. The van der Waals surface area contributed by atoms with E-state index in [1.165, 1.54) is 26.2 Å². The van der Waals surface area contributed by atoms with Crippen LogP contribution in [0, 0.1) is 6.92 Å². The molecule has 3 aromatic rings. The number of nitrogens with one attached hydrogen (secondary N) is 1. The molecule has 4 atom stereocenters. The Bertz CT molecular complexity index is 1710. The Hall–Kier alpha value is -4.06. The third kappa shape index (κ3) is 6.40. The maximum absolute atomic E-state index is 13.9. The van der Waals surface area contributed by atoms with E-state index >= 15 is 0 Å². The number of carbonyl (C=O) groups excluding carboxylic acids is 2. The van der Waals surface area contributed by atoms with Gasteiger partial charge in [0.15, 0.2) is 33.5 Å². The lowest BCUT2D eigenvalue weighted by Gasteiger charge is -2.47. The van der Waals surface area contributed by atoms with Crippen molar-refractivity contribution in [2.24, 2.45) is 5.73 Å². The predicted molar refractivity (Wildman–Crippen MR) is 150 cm³/mol. The maximum Gasteiger partial charge on any atom is 0.404 e. The van der Waals surface area contributed by atoms with Gasteiger partial charge in [-0.05, 0) is 51.1 Å². The molecule has 2 heterocycles. The first-order valence-electron chi connectivity index (χ1n) is 12.8. The summed E-state index contributed by atoms with van der Waals surface area (Å²) in [7, 11) is -7.30. The average Bonchev–Trinajstić information content (AvgIpc) is 2.89. The molecule has 0 radical (unpaired) electrons. The smallest absolute Gasteiger partial charge is 0.404 e. The van der Waals surface area contributed by atoms with Crippen molar-refractivity contribution < 1.29 is 58.7 Å². The Morgan fingerprint density at radius 1 is 1.14 bits per heavy atom. The number of carbonyl (C=O) groups is 2. The van der Waals surface area contributed by atoms with Gasteiger partial charge in [0.25, 0.3) is 5.91 Å². The highest BCUT2D eigenvalue weighted by Crippen LogP contribution is 2.98. The minimum Gasteiger partial charge on any atom is -0.505 e. The highest BCUT2D eigenvalue weighted by Gasteiger charge is 2.59. The zero-order chi connectivity index (χ0) is 33.1. The van der Waals surface area contributed by atoms with Crippen LogP contribution in [0.3, 0.4) is 0 Å². The van der Waals surface area contributed by atoms with E-state index in [2.05, 4.69) is 0 Å². The highest BCUT2D eigenvalue weighted by atomic mass is 32.5. The molecule has 5 N–H and O–H groups in total. The number of aliphatic hydroxyl groups is 1. The molecule has 44 heavy (non-hydrogen) atoms. The number of nitrogens with two attached hydrogens (primary N) is 1. The van der Waals surface area contributed by atoms with Crippen LogP contribution in [0.4, 0.5) is 26.0 Å². The van der Waals surface area contributed by atoms with Crippen LogP contribution in [0.2, 0.25) is 0 Å². The van der Waals surface area contributed by atoms with Crippen LogP contribution in [0.5, 0.6) is 11.5 Å². The van der Waals surface area contributed by atoms with Gasteiger partial charge in [-0.3, -0.25) is 4.79 Å². The number of aryl methyl sites for hydroxylation is 1. The quantitative estimate of drug-likeness (QED) is 0.205. The molecule has 1 saturated heterocycles. The van der Waals surface area contributed by atoms with E-state index in [0.29, 0.717) is 12.1 Å². The Morgan fingerprint density at radius 2 is 1.80 bits per heavy atom. The van der Waals surface area contributed by atoms with Crippen molar-refractivity contribution in [3.63, 3.8) is 0 Å². The number of halogens is 4. The number of aliphatic hydroxyl groups excluding tert-OH is 1. The van der Waals surface area contributed by atoms with Crippen molar-refractivity contribution >= 4 is 38.5 Å². The third-order valence-corrected chi connectivity index (χ3v) is 8.38. The summed E-state index contributed by atoms with van der Waals surface area (Å²) >= 11 is 0. The topological polar surface area (TPSA) is 180 Å². The number of rotatable bonds is 7. The standard InChI is InChI=1S/C27H30F4N2O10S/c1-12-16(40-25-19(35)21(42-26(32)38)22(39-4)27(2,3)43-25)10-9-15-18(34)17(24(37)41-20(12)15)33-23(36)13-7-6-8-14(11-13)44(5,28,29,30)31/h6-11,19,21-22,25,34-35H,1-5H3,(H2,32,38)(H,33,36)/t19-,21+,22-,25-/m1/s1. The summed E-state index contributed by atoms with van der Waals surface area (Å²) in [6.07, 6.45) is -6.95. The van der Waals surface area contributed by atoms with Crippen molar-refractivity contribution in [2.75, 3.05) is 18.7 Å². The predicted octanol–water partition coefficient (Wildman–Crippen LogP) is 4.82. The molecule has 1 aromatic heterocycles. The summed E-state index contributed by atoms with van der Waals surface area (Å²) < 4.78 is 82.9. The lowest BCUT2D eigenvalue weighted by molar-refractivity contribution is -0.304. The van der Waals surface area contributed by atoms with E-state index in [4.69, 9.17) is 29.1 Å². The van der Waals surface area contributed by atoms with Crippen molar-refractivity contribution in [3.8, 4) is 11.5 Å². The molecule has 17 heteroatoms. The minimum absolute atomic E-state index is 0.00605. The monoisotopic (exact) mass is 650 g/mol. The maximum atomic E-state index is 13.9. The van der Waals surface area contributed by atoms with Crippen molar-refractivity contribution in [3.05, 3.63) is 57.9 Å². The first kappa shape index (κ1) is 32.8. The van der Waals surface area contributed by atoms with Gasteiger partial charge >= 0.3 is 11.7 Å². The van der Waals surface area contributed by atoms with Gasteiger partial charge in [-0.15, -0.1) is 15.5 Å². The molecule has 0 bridgehead atoms. The second-order valence-corrected chi connectivity index (χ2v) is 14.3. The molecule has 12 nitrogen and oxygen atoms in total. The molecule has 2 aromatic carbocycles. The van der Waals surface area contributed by atoms with Crippen LogP contribution < -0.4 is 21.4 Å². The molecular weight excluding hydrogens is 620 g/mol. The van der Waals surface area contributed by atoms with Gasteiger partial charge in [0.1, 0.15) is 17.4 Å². The lowest BCUT2D eigenvalue weighted by Crippen LogP contribution is -2.65. The van der Waals surface area contributed by atoms with Gasteiger partial charge in [-0.25, -0.2) is 9.59 Å². The Balaban J connectivity index is 1.66. The summed E-state index contributed by atoms with van der Waals surface area (Å²) in [6.45, 7) is 4.63. The molecule has 1 fully saturated rings. The molecule has 242 valence electrons. The number of anilines is 1. The number of amides is 2. The van der Waals surface area contributed by atoms with E-state index in [-0.39, 0.29) is 22.3 Å². The van der Waals surface area contributed by atoms with Crippen molar-refractivity contribution in [1.82, 2.24) is 0 Å². The number of primary amides is 1. The Kier molecular flexibility index (Phi) is 7.65. The number of fused-ring (bicyclic) bond motifs is 1. The van der Waals surface area contributed by atoms with Crippen LogP contribution in [0.25, 0.3) is 11.0 Å². The molecule has 1 aliphatic rings. The highest BCUT2D eigenvalue weighted by molar-refractivity contribution is 8.49. The van der Waals surface area contributed by atoms with Crippen LogP contribution in [-0.4, -0.2) is 65.8 Å². The molecule has 0 saturated carbocycles. The molecule has 4 rings (SSSR count).